The summed E-state index contributed by atoms with van der Waals surface area (Å²) in [6.45, 7) is 0. The summed E-state index contributed by atoms with van der Waals surface area (Å²) in [5, 5.41) is 18.6. The maximum atomic E-state index is 10.2. The fourth-order valence-corrected chi connectivity index (χ4v) is 1.37. The number of rotatable bonds is 1. The van der Waals surface area contributed by atoms with Crippen LogP contribution in [0.15, 0.2) is 5.38 Å². The van der Waals surface area contributed by atoms with Gasteiger partial charge in [0.1, 0.15) is 9.90 Å². The SMILES string of the molecule is O=C(O)c1csc(Cl)c1O. The highest BCUT2D eigenvalue weighted by Gasteiger charge is 2.13. The molecule has 1 rings (SSSR count). The Morgan fingerprint density at radius 2 is 2.30 bits per heavy atom. The monoisotopic (exact) mass is 178 g/mol. The van der Waals surface area contributed by atoms with Crippen molar-refractivity contribution in [1.82, 2.24) is 0 Å². The van der Waals surface area contributed by atoms with Gasteiger partial charge in [0.05, 0.1) is 0 Å². The van der Waals surface area contributed by atoms with Crippen molar-refractivity contribution < 1.29 is 15.0 Å². The van der Waals surface area contributed by atoms with Crippen LogP contribution in [-0.2, 0) is 0 Å². The molecular weight excluding hydrogens is 176 g/mol. The second-order valence-electron chi connectivity index (χ2n) is 1.58. The molecule has 1 aromatic rings. The van der Waals surface area contributed by atoms with E-state index in [1.165, 1.54) is 5.38 Å². The van der Waals surface area contributed by atoms with Crippen LogP contribution in [0.4, 0.5) is 0 Å². The lowest BCUT2D eigenvalue weighted by Gasteiger charge is -1.87. The molecule has 1 heterocycles. The van der Waals surface area contributed by atoms with Gasteiger partial charge in [-0.1, -0.05) is 11.6 Å². The van der Waals surface area contributed by atoms with Crippen molar-refractivity contribution in [2.24, 2.45) is 0 Å². The Morgan fingerprint density at radius 1 is 1.70 bits per heavy atom. The van der Waals surface area contributed by atoms with Gasteiger partial charge in [-0.2, -0.15) is 0 Å². The zero-order chi connectivity index (χ0) is 7.72. The van der Waals surface area contributed by atoms with Gasteiger partial charge in [-0.15, -0.1) is 11.3 Å². The molecule has 54 valence electrons. The second-order valence-corrected chi connectivity index (χ2v) is 3.06. The summed E-state index contributed by atoms with van der Waals surface area (Å²) >= 11 is 6.37. The van der Waals surface area contributed by atoms with Gasteiger partial charge in [0.15, 0.2) is 5.75 Å². The normalized spacial score (nSPS) is 9.70. The average molecular weight is 179 g/mol. The summed E-state index contributed by atoms with van der Waals surface area (Å²) in [6.07, 6.45) is 0. The van der Waals surface area contributed by atoms with E-state index in [1.54, 1.807) is 0 Å². The van der Waals surface area contributed by atoms with Crippen LogP contribution >= 0.6 is 22.9 Å². The summed E-state index contributed by atoms with van der Waals surface area (Å²) < 4.78 is 0.109. The molecule has 0 amide bonds. The Kier molecular flexibility index (Phi) is 1.82. The zero-order valence-electron chi connectivity index (χ0n) is 4.67. The van der Waals surface area contributed by atoms with Crippen molar-refractivity contribution in [2.75, 3.05) is 0 Å². The largest absolute Gasteiger partial charge is 0.505 e. The van der Waals surface area contributed by atoms with Gasteiger partial charge in [0, 0.05) is 5.38 Å². The standard InChI is InChI=1S/C5H3ClO3S/c6-4-3(7)2(1-10-4)5(8)9/h1,7H,(H,8,9). The predicted octanol–water partition coefficient (Wildman–Crippen LogP) is 1.81. The number of aromatic carboxylic acids is 1. The third-order valence-corrected chi connectivity index (χ3v) is 2.15. The van der Waals surface area contributed by atoms with Crippen molar-refractivity contribution in [1.29, 1.82) is 0 Å². The van der Waals surface area contributed by atoms with Crippen molar-refractivity contribution in [2.45, 2.75) is 0 Å². The number of aromatic hydroxyl groups is 1. The first-order valence-electron chi connectivity index (χ1n) is 2.32. The van der Waals surface area contributed by atoms with Crippen LogP contribution < -0.4 is 0 Å². The maximum absolute atomic E-state index is 10.2. The fourth-order valence-electron chi connectivity index (χ4n) is 0.480. The molecule has 5 heteroatoms. The quantitative estimate of drug-likeness (QED) is 0.690. The molecule has 0 saturated carbocycles. The Balaban J connectivity index is 3.17. The van der Waals surface area contributed by atoms with E-state index in [0.29, 0.717) is 0 Å². The average Bonchev–Trinajstić information content (AvgIpc) is 2.14. The van der Waals surface area contributed by atoms with Crippen molar-refractivity contribution >= 4 is 28.9 Å². The Labute approximate surface area is 65.5 Å². The molecule has 0 aliphatic carbocycles. The molecule has 0 fully saturated rings. The van der Waals surface area contributed by atoms with E-state index < -0.39 is 5.97 Å². The molecule has 0 bridgehead atoms. The number of hydrogen-bond donors (Lipinski definition) is 2. The first kappa shape index (κ1) is 7.37. The Bertz CT molecular complexity index is 268. The molecule has 2 N–H and O–H groups in total. The van der Waals surface area contributed by atoms with E-state index >= 15 is 0 Å². The number of hydrogen-bond acceptors (Lipinski definition) is 3. The van der Waals surface area contributed by atoms with Gasteiger partial charge in [0.25, 0.3) is 0 Å². The molecule has 3 nitrogen and oxygen atoms in total. The summed E-state index contributed by atoms with van der Waals surface area (Å²) in [5.74, 6) is -1.51. The van der Waals surface area contributed by atoms with E-state index in [9.17, 15) is 4.79 Å². The lowest BCUT2D eigenvalue weighted by molar-refractivity contribution is 0.0694. The van der Waals surface area contributed by atoms with Crippen LogP contribution in [-0.4, -0.2) is 16.2 Å². The van der Waals surface area contributed by atoms with E-state index in [1.807, 2.05) is 0 Å². The number of carboxylic acids is 1. The van der Waals surface area contributed by atoms with Crippen LogP contribution in [0.5, 0.6) is 5.75 Å². The van der Waals surface area contributed by atoms with E-state index in [4.69, 9.17) is 21.8 Å². The third kappa shape index (κ3) is 1.08. The number of carboxylic acid groups (broad SMARTS) is 1. The zero-order valence-corrected chi connectivity index (χ0v) is 6.24. The maximum Gasteiger partial charge on any atom is 0.340 e. The van der Waals surface area contributed by atoms with Crippen molar-refractivity contribution in [3.63, 3.8) is 0 Å². The molecule has 0 saturated heterocycles. The van der Waals surface area contributed by atoms with Gasteiger partial charge < -0.3 is 10.2 Å². The number of thiophene rings is 1. The van der Waals surface area contributed by atoms with E-state index in [0.717, 1.165) is 11.3 Å². The smallest absolute Gasteiger partial charge is 0.340 e. The van der Waals surface area contributed by atoms with E-state index in [-0.39, 0.29) is 15.6 Å². The van der Waals surface area contributed by atoms with Crippen molar-refractivity contribution in [3.8, 4) is 5.75 Å². The predicted molar refractivity (Wildman–Crippen MR) is 38.0 cm³/mol. The topological polar surface area (TPSA) is 57.5 Å². The molecule has 1 aromatic heterocycles. The van der Waals surface area contributed by atoms with E-state index in [2.05, 4.69) is 0 Å². The van der Waals surface area contributed by atoms with Crippen molar-refractivity contribution in [3.05, 3.63) is 15.3 Å². The summed E-state index contributed by atoms with van der Waals surface area (Å²) in [7, 11) is 0. The van der Waals surface area contributed by atoms with Gasteiger partial charge in [0.2, 0.25) is 0 Å². The van der Waals surface area contributed by atoms with Crippen LogP contribution in [0, 0.1) is 0 Å². The molecule has 0 spiro atoms. The van der Waals surface area contributed by atoms with Crippen LogP contribution in [0.3, 0.4) is 0 Å². The first-order valence-corrected chi connectivity index (χ1v) is 3.58. The molecule has 0 radical (unpaired) electrons. The summed E-state index contributed by atoms with van der Waals surface area (Å²) in [6, 6.07) is 0. The molecule has 0 unspecified atom stereocenters. The molecule has 0 aliphatic heterocycles. The minimum absolute atomic E-state index is 0.109. The highest BCUT2D eigenvalue weighted by molar-refractivity contribution is 7.15. The van der Waals surface area contributed by atoms with Gasteiger partial charge in [-0.05, 0) is 0 Å². The molecule has 0 aromatic carbocycles. The molecular formula is C5H3ClO3S. The molecule has 0 aliphatic rings. The van der Waals surface area contributed by atoms with Gasteiger partial charge >= 0.3 is 5.97 Å². The van der Waals surface area contributed by atoms with Gasteiger partial charge in [-0.25, -0.2) is 4.79 Å². The van der Waals surface area contributed by atoms with Crippen LogP contribution in [0.2, 0.25) is 4.34 Å². The third-order valence-electron chi connectivity index (χ3n) is 0.952. The highest BCUT2D eigenvalue weighted by atomic mass is 35.5. The Morgan fingerprint density at radius 3 is 2.50 bits per heavy atom. The molecule has 10 heavy (non-hydrogen) atoms. The summed E-state index contributed by atoms with van der Waals surface area (Å²) in [5.41, 5.74) is -0.144. The number of halogens is 1. The minimum Gasteiger partial charge on any atom is -0.505 e. The lowest BCUT2D eigenvalue weighted by Crippen LogP contribution is -1.92. The summed E-state index contributed by atoms with van der Waals surface area (Å²) in [4.78, 5) is 10.2. The number of carbonyl (C=O) groups is 1. The molecule has 0 atom stereocenters. The lowest BCUT2D eigenvalue weighted by atomic mass is 10.3. The first-order chi connectivity index (χ1) is 4.63. The van der Waals surface area contributed by atoms with Crippen LogP contribution in [0.1, 0.15) is 10.4 Å². The second kappa shape index (κ2) is 2.48. The van der Waals surface area contributed by atoms with Gasteiger partial charge in [-0.3, -0.25) is 0 Å². The van der Waals surface area contributed by atoms with Crippen LogP contribution in [0.25, 0.3) is 0 Å². The Hall–Kier alpha value is -0.740. The fraction of sp³-hybridized carbons (Fsp3) is 0. The highest BCUT2D eigenvalue weighted by Crippen LogP contribution is 2.33. The minimum atomic E-state index is -1.17.